The van der Waals surface area contributed by atoms with Crippen molar-refractivity contribution in [3.05, 3.63) is 35.4 Å². The van der Waals surface area contributed by atoms with E-state index in [4.69, 9.17) is 9.47 Å². The molecule has 0 aliphatic heterocycles. The number of amides is 1. The molecule has 1 aliphatic rings. The normalized spacial score (nSPS) is 15.9. The second-order valence-corrected chi connectivity index (χ2v) is 5.34. The number of hydrogen-bond acceptors (Lipinski definition) is 3. The van der Waals surface area contributed by atoms with Gasteiger partial charge in [-0.2, -0.15) is 0 Å². The van der Waals surface area contributed by atoms with Gasteiger partial charge in [0.1, 0.15) is 6.61 Å². The van der Waals surface area contributed by atoms with Crippen LogP contribution in [0.25, 0.3) is 0 Å². The molecular weight excluding hydrogens is 254 g/mol. The molecule has 1 aliphatic carbocycles. The molecule has 0 spiro atoms. The van der Waals surface area contributed by atoms with Gasteiger partial charge in [-0.1, -0.05) is 29.8 Å². The van der Waals surface area contributed by atoms with Crippen LogP contribution in [-0.2, 0) is 14.3 Å². The van der Waals surface area contributed by atoms with Gasteiger partial charge in [-0.3, -0.25) is 4.79 Å². The van der Waals surface area contributed by atoms with E-state index in [2.05, 4.69) is 36.5 Å². The number of nitrogens with one attached hydrogen (secondary N) is 1. The summed E-state index contributed by atoms with van der Waals surface area (Å²) in [5.41, 5.74) is 2.42. The minimum Gasteiger partial charge on any atom is -0.382 e. The largest absolute Gasteiger partial charge is 0.382 e. The summed E-state index contributed by atoms with van der Waals surface area (Å²) in [5, 5.41) is 3.09. The summed E-state index contributed by atoms with van der Waals surface area (Å²) in [4.78, 5) is 11.9. The van der Waals surface area contributed by atoms with Crippen LogP contribution in [0.3, 0.4) is 0 Å². The maximum Gasteiger partial charge on any atom is 0.246 e. The van der Waals surface area contributed by atoms with Crippen LogP contribution < -0.4 is 5.32 Å². The molecule has 1 fully saturated rings. The fourth-order valence-corrected chi connectivity index (χ4v) is 2.20. The lowest BCUT2D eigenvalue weighted by molar-refractivity contribution is -0.127. The molecular formula is C16H23NO3. The van der Waals surface area contributed by atoms with Crippen LogP contribution >= 0.6 is 0 Å². The highest BCUT2D eigenvalue weighted by atomic mass is 16.5. The van der Waals surface area contributed by atoms with Crippen LogP contribution in [-0.4, -0.2) is 32.8 Å². The Morgan fingerprint density at radius 1 is 1.30 bits per heavy atom. The van der Waals surface area contributed by atoms with E-state index in [0.717, 1.165) is 0 Å². The van der Waals surface area contributed by atoms with Gasteiger partial charge in [0.2, 0.25) is 5.91 Å². The molecule has 1 N–H and O–H groups in total. The molecule has 4 heteroatoms. The van der Waals surface area contributed by atoms with Gasteiger partial charge in [-0.25, -0.2) is 0 Å². The van der Waals surface area contributed by atoms with Crippen molar-refractivity contribution in [3.8, 4) is 0 Å². The predicted molar refractivity (Wildman–Crippen MR) is 77.5 cm³/mol. The van der Waals surface area contributed by atoms with Gasteiger partial charge in [0.25, 0.3) is 0 Å². The monoisotopic (exact) mass is 277 g/mol. The Morgan fingerprint density at radius 3 is 2.60 bits per heavy atom. The van der Waals surface area contributed by atoms with Gasteiger partial charge in [0.05, 0.1) is 19.3 Å². The Balaban J connectivity index is 1.86. The molecule has 1 saturated carbocycles. The van der Waals surface area contributed by atoms with Crippen LogP contribution in [0.5, 0.6) is 0 Å². The molecule has 20 heavy (non-hydrogen) atoms. The lowest BCUT2D eigenvalue weighted by Crippen LogP contribution is -2.33. The number of aryl methyl sites for hydroxylation is 1. The quantitative estimate of drug-likeness (QED) is 0.741. The molecule has 0 heterocycles. The molecule has 0 bridgehead atoms. The van der Waals surface area contributed by atoms with Gasteiger partial charge in [-0.05, 0) is 31.2 Å². The highest BCUT2D eigenvalue weighted by molar-refractivity contribution is 5.77. The average Bonchev–Trinajstić information content (AvgIpc) is 3.27. The lowest BCUT2D eigenvalue weighted by Gasteiger charge is -2.19. The van der Waals surface area contributed by atoms with Gasteiger partial charge in [0.15, 0.2) is 0 Å². The van der Waals surface area contributed by atoms with E-state index in [0.29, 0.717) is 19.1 Å². The number of rotatable bonds is 8. The highest BCUT2D eigenvalue weighted by Gasteiger charge is 2.33. The third kappa shape index (κ3) is 4.62. The molecule has 110 valence electrons. The number of carbonyl (C=O) groups is 1. The lowest BCUT2D eigenvalue weighted by atomic mass is 10.0. The maximum absolute atomic E-state index is 11.9. The Hall–Kier alpha value is -1.39. The van der Waals surface area contributed by atoms with Crippen LogP contribution in [0.4, 0.5) is 0 Å². The smallest absolute Gasteiger partial charge is 0.246 e. The van der Waals surface area contributed by atoms with Gasteiger partial charge in [0, 0.05) is 7.11 Å². The Labute approximate surface area is 120 Å². The molecule has 2 rings (SSSR count). The minimum absolute atomic E-state index is 0.0569. The zero-order chi connectivity index (χ0) is 14.4. The van der Waals surface area contributed by atoms with E-state index >= 15 is 0 Å². The summed E-state index contributed by atoms with van der Waals surface area (Å²) in [6.45, 7) is 3.12. The average molecular weight is 277 g/mol. The van der Waals surface area contributed by atoms with E-state index in [1.165, 1.54) is 24.0 Å². The summed E-state index contributed by atoms with van der Waals surface area (Å²) < 4.78 is 10.1. The third-order valence-corrected chi connectivity index (χ3v) is 3.51. The van der Waals surface area contributed by atoms with Crippen molar-refractivity contribution in [2.75, 3.05) is 26.9 Å². The summed E-state index contributed by atoms with van der Waals surface area (Å²) >= 11 is 0. The highest BCUT2D eigenvalue weighted by Crippen LogP contribution is 2.40. The van der Waals surface area contributed by atoms with Crippen molar-refractivity contribution in [1.29, 1.82) is 0 Å². The number of carbonyl (C=O) groups excluding carboxylic acids is 1. The Morgan fingerprint density at radius 2 is 2.00 bits per heavy atom. The van der Waals surface area contributed by atoms with Crippen molar-refractivity contribution in [3.63, 3.8) is 0 Å². The predicted octanol–water partition coefficient (Wildman–Crippen LogP) is 2.23. The fourth-order valence-electron chi connectivity index (χ4n) is 2.20. The summed E-state index contributed by atoms with van der Waals surface area (Å²) in [5.74, 6) is 0.513. The van der Waals surface area contributed by atoms with Crippen molar-refractivity contribution in [2.24, 2.45) is 5.92 Å². The molecule has 0 saturated heterocycles. The number of hydrogen-bond donors (Lipinski definition) is 1. The van der Waals surface area contributed by atoms with Crippen LogP contribution in [0.15, 0.2) is 24.3 Å². The maximum atomic E-state index is 11.9. The topological polar surface area (TPSA) is 47.6 Å². The third-order valence-electron chi connectivity index (χ3n) is 3.51. The zero-order valence-electron chi connectivity index (χ0n) is 12.2. The minimum atomic E-state index is -0.0569. The Kier molecular flexibility index (Phi) is 5.56. The van der Waals surface area contributed by atoms with Crippen LogP contribution in [0, 0.1) is 12.8 Å². The van der Waals surface area contributed by atoms with Gasteiger partial charge < -0.3 is 14.8 Å². The number of ether oxygens (including phenoxy) is 2. The van der Waals surface area contributed by atoms with Gasteiger partial charge in [-0.15, -0.1) is 0 Å². The van der Waals surface area contributed by atoms with Crippen molar-refractivity contribution in [2.45, 2.75) is 25.8 Å². The van der Waals surface area contributed by atoms with E-state index in [-0.39, 0.29) is 18.6 Å². The fraction of sp³-hybridized carbons (Fsp3) is 0.562. The summed E-state index contributed by atoms with van der Waals surface area (Å²) in [6, 6.07) is 8.50. The van der Waals surface area contributed by atoms with Gasteiger partial charge >= 0.3 is 0 Å². The standard InChI is InChI=1S/C16H23NO3/c1-12-3-5-13(6-4-12)16(14-7-8-14)17-15(18)11-20-10-9-19-2/h3-6,14,16H,7-11H2,1-2H3,(H,17,18). The molecule has 0 aromatic heterocycles. The molecule has 0 radical (unpaired) electrons. The number of benzene rings is 1. The van der Waals surface area contributed by atoms with E-state index in [1.807, 2.05) is 0 Å². The van der Waals surface area contributed by atoms with E-state index in [9.17, 15) is 4.79 Å². The number of methoxy groups -OCH3 is 1. The van der Waals surface area contributed by atoms with Crippen molar-refractivity contribution in [1.82, 2.24) is 5.32 Å². The molecule has 1 amide bonds. The first-order valence-corrected chi connectivity index (χ1v) is 7.13. The van der Waals surface area contributed by atoms with E-state index in [1.54, 1.807) is 7.11 Å². The molecule has 1 aromatic rings. The van der Waals surface area contributed by atoms with Crippen molar-refractivity contribution < 1.29 is 14.3 Å². The molecule has 4 nitrogen and oxygen atoms in total. The first kappa shape index (κ1) is 15.0. The molecule has 1 unspecified atom stereocenters. The summed E-state index contributed by atoms with van der Waals surface area (Å²) in [7, 11) is 1.62. The van der Waals surface area contributed by atoms with Crippen LogP contribution in [0.1, 0.15) is 30.0 Å². The zero-order valence-corrected chi connectivity index (χ0v) is 12.2. The Bertz CT molecular complexity index is 426. The van der Waals surface area contributed by atoms with Crippen LogP contribution in [0.2, 0.25) is 0 Å². The molecule has 1 atom stereocenters. The second kappa shape index (κ2) is 7.41. The summed E-state index contributed by atoms with van der Waals surface area (Å²) in [6.07, 6.45) is 2.37. The van der Waals surface area contributed by atoms with E-state index < -0.39 is 0 Å². The second-order valence-electron chi connectivity index (χ2n) is 5.34. The SMILES string of the molecule is COCCOCC(=O)NC(c1ccc(C)cc1)C1CC1. The first-order valence-electron chi connectivity index (χ1n) is 7.13. The first-order chi connectivity index (χ1) is 9.70. The molecule has 1 aromatic carbocycles. The van der Waals surface area contributed by atoms with Crippen molar-refractivity contribution >= 4 is 5.91 Å².